The van der Waals surface area contributed by atoms with Gasteiger partial charge in [0.05, 0.1) is 5.69 Å². The Hall–Kier alpha value is -0.840. The summed E-state index contributed by atoms with van der Waals surface area (Å²) in [4.78, 5) is 7.48. The molecule has 0 bridgehead atoms. The lowest BCUT2D eigenvalue weighted by molar-refractivity contribution is 0.639. The van der Waals surface area contributed by atoms with Crippen LogP contribution in [-0.2, 0) is 13.0 Å². The molecule has 1 N–H and O–H groups in total. The maximum Gasteiger partial charge on any atom is 0.123 e. The molecule has 0 atom stereocenters. The molecule has 0 fully saturated rings. The van der Waals surface area contributed by atoms with Crippen molar-refractivity contribution >= 4 is 23.1 Å². The second-order valence-corrected chi connectivity index (χ2v) is 6.01. The number of thiazole rings is 1. The van der Waals surface area contributed by atoms with Crippen LogP contribution in [0.2, 0.25) is 0 Å². The molecule has 0 saturated heterocycles. The van der Waals surface area contributed by atoms with Gasteiger partial charge in [0.2, 0.25) is 0 Å². The molecule has 1 aromatic heterocycles. The highest BCUT2D eigenvalue weighted by Gasteiger charge is 2.15. The number of hydrogen-bond acceptors (Lipinski definition) is 4. The van der Waals surface area contributed by atoms with E-state index in [2.05, 4.69) is 35.8 Å². The zero-order valence-corrected chi connectivity index (χ0v) is 11.3. The van der Waals surface area contributed by atoms with Crippen LogP contribution in [0.25, 0.3) is 10.6 Å². The Morgan fingerprint density at radius 1 is 1.29 bits per heavy atom. The van der Waals surface area contributed by atoms with E-state index < -0.39 is 0 Å². The number of fused-ring (bicyclic) bond motifs is 1. The van der Waals surface area contributed by atoms with Gasteiger partial charge >= 0.3 is 0 Å². The Balaban J connectivity index is 1.94. The summed E-state index contributed by atoms with van der Waals surface area (Å²) in [5.41, 5.74) is 2.48. The van der Waals surface area contributed by atoms with Gasteiger partial charge in [0, 0.05) is 28.4 Å². The lowest BCUT2D eigenvalue weighted by Crippen LogP contribution is -2.22. The first-order chi connectivity index (χ1) is 8.36. The van der Waals surface area contributed by atoms with Gasteiger partial charge in [-0.15, -0.1) is 23.1 Å². The van der Waals surface area contributed by atoms with Gasteiger partial charge in [-0.1, -0.05) is 12.1 Å². The van der Waals surface area contributed by atoms with Crippen LogP contribution < -0.4 is 5.32 Å². The van der Waals surface area contributed by atoms with E-state index in [1.807, 2.05) is 11.3 Å². The smallest absolute Gasteiger partial charge is 0.123 e. The van der Waals surface area contributed by atoms with Gasteiger partial charge in [-0.3, -0.25) is 0 Å². The molecule has 2 nitrogen and oxygen atoms in total. The highest BCUT2D eigenvalue weighted by atomic mass is 32.2. The van der Waals surface area contributed by atoms with Crippen LogP contribution in [0.3, 0.4) is 0 Å². The molecule has 2 heterocycles. The quantitative estimate of drug-likeness (QED) is 0.841. The number of aromatic nitrogens is 1. The van der Waals surface area contributed by atoms with E-state index in [1.165, 1.54) is 21.0 Å². The fourth-order valence-electron chi connectivity index (χ4n) is 1.98. The SMILES string of the molecule is CSc1ccc(-c2nc3c(s2)CCNC3)cc1. The van der Waals surface area contributed by atoms with Crippen LogP contribution in [0.4, 0.5) is 0 Å². The Morgan fingerprint density at radius 3 is 2.82 bits per heavy atom. The lowest BCUT2D eigenvalue weighted by atomic mass is 10.2. The van der Waals surface area contributed by atoms with Gasteiger partial charge in [-0.25, -0.2) is 4.98 Å². The van der Waals surface area contributed by atoms with Crippen LogP contribution in [0.15, 0.2) is 29.2 Å². The van der Waals surface area contributed by atoms with E-state index in [0.29, 0.717) is 0 Å². The van der Waals surface area contributed by atoms with Crippen molar-refractivity contribution in [3.63, 3.8) is 0 Å². The summed E-state index contributed by atoms with van der Waals surface area (Å²) in [6, 6.07) is 8.67. The Labute approximate surface area is 109 Å². The number of rotatable bonds is 2. The van der Waals surface area contributed by atoms with Crippen molar-refractivity contribution in [2.45, 2.75) is 17.9 Å². The average molecular weight is 262 g/mol. The first-order valence-corrected chi connectivity index (χ1v) is 7.74. The second kappa shape index (κ2) is 4.80. The molecule has 0 radical (unpaired) electrons. The number of thioether (sulfide) groups is 1. The molecule has 4 heteroatoms. The molecule has 1 aliphatic heterocycles. The van der Waals surface area contributed by atoms with Crippen LogP contribution in [-0.4, -0.2) is 17.8 Å². The topological polar surface area (TPSA) is 24.9 Å². The summed E-state index contributed by atoms with van der Waals surface area (Å²) in [6.45, 7) is 2.01. The molecular weight excluding hydrogens is 248 g/mol. The third-order valence-corrected chi connectivity index (χ3v) is 4.89. The lowest BCUT2D eigenvalue weighted by Gasteiger charge is -2.09. The van der Waals surface area contributed by atoms with E-state index in [-0.39, 0.29) is 0 Å². The second-order valence-electron chi connectivity index (χ2n) is 4.04. The van der Waals surface area contributed by atoms with Gasteiger partial charge in [0.15, 0.2) is 0 Å². The summed E-state index contributed by atoms with van der Waals surface area (Å²) in [5.74, 6) is 0. The maximum absolute atomic E-state index is 4.73. The molecule has 88 valence electrons. The van der Waals surface area contributed by atoms with Crippen molar-refractivity contribution in [2.24, 2.45) is 0 Å². The molecule has 2 aromatic rings. The van der Waals surface area contributed by atoms with Gasteiger partial charge in [0.1, 0.15) is 5.01 Å². The van der Waals surface area contributed by atoms with E-state index in [4.69, 9.17) is 4.98 Å². The van der Waals surface area contributed by atoms with Crippen LogP contribution in [0.5, 0.6) is 0 Å². The Bertz CT molecular complexity index is 493. The number of benzene rings is 1. The summed E-state index contributed by atoms with van der Waals surface area (Å²) < 4.78 is 0. The highest BCUT2D eigenvalue weighted by molar-refractivity contribution is 7.98. The fraction of sp³-hybridized carbons (Fsp3) is 0.308. The predicted octanol–water partition coefficient (Wildman–Crippen LogP) is 3.18. The molecule has 0 amide bonds. The van der Waals surface area contributed by atoms with Crippen molar-refractivity contribution in [1.82, 2.24) is 10.3 Å². The van der Waals surface area contributed by atoms with Gasteiger partial charge < -0.3 is 5.32 Å². The minimum Gasteiger partial charge on any atom is -0.311 e. The largest absolute Gasteiger partial charge is 0.311 e. The molecular formula is C13H14N2S2. The average Bonchev–Trinajstić information content (AvgIpc) is 2.82. The minimum absolute atomic E-state index is 0.925. The summed E-state index contributed by atoms with van der Waals surface area (Å²) in [5, 5.41) is 4.52. The summed E-state index contributed by atoms with van der Waals surface area (Å²) >= 11 is 3.62. The van der Waals surface area contributed by atoms with Crippen LogP contribution in [0.1, 0.15) is 10.6 Å². The maximum atomic E-state index is 4.73. The molecule has 1 aromatic carbocycles. The number of nitrogens with zero attached hydrogens (tertiary/aromatic N) is 1. The third-order valence-electron chi connectivity index (χ3n) is 2.94. The first kappa shape index (κ1) is 11.3. The van der Waals surface area contributed by atoms with Crippen molar-refractivity contribution in [3.8, 4) is 10.6 Å². The van der Waals surface area contributed by atoms with E-state index in [1.54, 1.807) is 11.8 Å². The van der Waals surface area contributed by atoms with Gasteiger partial charge in [-0.2, -0.15) is 0 Å². The minimum atomic E-state index is 0.925. The molecule has 1 aliphatic rings. The molecule has 0 saturated carbocycles. The zero-order valence-electron chi connectivity index (χ0n) is 9.69. The van der Waals surface area contributed by atoms with Crippen molar-refractivity contribution in [2.75, 3.05) is 12.8 Å². The fourth-order valence-corrected chi connectivity index (χ4v) is 3.47. The normalized spacial score (nSPS) is 14.6. The van der Waals surface area contributed by atoms with Crippen molar-refractivity contribution < 1.29 is 0 Å². The van der Waals surface area contributed by atoms with E-state index in [0.717, 1.165) is 24.5 Å². The Morgan fingerprint density at radius 2 is 2.12 bits per heavy atom. The van der Waals surface area contributed by atoms with Gasteiger partial charge in [0.25, 0.3) is 0 Å². The number of hydrogen-bond donors (Lipinski definition) is 1. The van der Waals surface area contributed by atoms with E-state index in [9.17, 15) is 0 Å². The molecule has 0 unspecified atom stereocenters. The van der Waals surface area contributed by atoms with Crippen molar-refractivity contribution in [3.05, 3.63) is 34.8 Å². The third kappa shape index (κ3) is 2.25. The highest BCUT2D eigenvalue weighted by Crippen LogP contribution is 2.30. The summed E-state index contributed by atoms with van der Waals surface area (Å²) in [6.07, 6.45) is 3.22. The zero-order chi connectivity index (χ0) is 11.7. The first-order valence-electron chi connectivity index (χ1n) is 5.70. The van der Waals surface area contributed by atoms with Crippen LogP contribution in [0, 0.1) is 0 Å². The Kier molecular flexibility index (Phi) is 3.18. The summed E-state index contributed by atoms with van der Waals surface area (Å²) in [7, 11) is 0. The number of nitrogens with one attached hydrogen (secondary N) is 1. The van der Waals surface area contributed by atoms with Crippen molar-refractivity contribution in [1.29, 1.82) is 0 Å². The molecule has 3 rings (SSSR count). The monoisotopic (exact) mass is 262 g/mol. The molecule has 0 spiro atoms. The standard InChI is InChI=1S/C13H14N2S2/c1-16-10-4-2-9(3-5-10)13-15-11-8-14-7-6-12(11)17-13/h2-5,14H,6-8H2,1H3. The predicted molar refractivity (Wildman–Crippen MR) is 74.7 cm³/mol. The van der Waals surface area contributed by atoms with Gasteiger partial charge in [-0.05, 0) is 24.8 Å². The molecule has 17 heavy (non-hydrogen) atoms. The van der Waals surface area contributed by atoms with Crippen LogP contribution >= 0.6 is 23.1 Å². The molecule has 0 aliphatic carbocycles. The van der Waals surface area contributed by atoms with E-state index >= 15 is 0 Å².